The Labute approximate surface area is 63.5 Å². The summed E-state index contributed by atoms with van der Waals surface area (Å²) in [6.07, 6.45) is 0. The molecule has 58 valence electrons. The molecule has 3 heteroatoms. The Balaban J connectivity index is 0.000000371. The van der Waals surface area contributed by atoms with Crippen molar-refractivity contribution < 1.29 is 8.78 Å². The summed E-state index contributed by atoms with van der Waals surface area (Å²) in [4.78, 5) is 0.667. The molecular formula is C7H10F2S. The van der Waals surface area contributed by atoms with E-state index in [1.165, 1.54) is 6.07 Å². The molecule has 0 saturated carbocycles. The van der Waals surface area contributed by atoms with E-state index in [-0.39, 0.29) is 0 Å². The third-order valence-corrected chi connectivity index (χ3v) is 1.58. The van der Waals surface area contributed by atoms with Gasteiger partial charge in [0.25, 0.3) is 0 Å². The van der Waals surface area contributed by atoms with Gasteiger partial charge in [0.1, 0.15) is 0 Å². The van der Waals surface area contributed by atoms with Crippen molar-refractivity contribution in [3.8, 4) is 0 Å². The van der Waals surface area contributed by atoms with Crippen LogP contribution in [0, 0.1) is 17.9 Å². The van der Waals surface area contributed by atoms with E-state index in [2.05, 4.69) is 0 Å². The number of hydrogen-bond acceptors (Lipinski definition) is 1. The van der Waals surface area contributed by atoms with Crippen LogP contribution >= 0.6 is 11.3 Å². The molecule has 0 aliphatic heterocycles. The topological polar surface area (TPSA) is 0 Å². The monoisotopic (exact) mass is 164 g/mol. The van der Waals surface area contributed by atoms with Crippen LogP contribution in [-0.4, -0.2) is 0 Å². The van der Waals surface area contributed by atoms with Crippen LogP contribution < -0.4 is 0 Å². The van der Waals surface area contributed by atoms with E-state index in [0.717, 1.165) is 11.3 Å². The smallest absolute Gasteiger partial charge is 0.203 e. The summed E-state index contributed by atoms with van der Waals surface area (Å²) in [7, 11) is 0. The zero-order valence-corrected chi connectivity index (χ0v) is 7.06. The molecule has 0 amide bonds. The van der Waals surface area contributed by atoms with Gasteiger partial charge in [0, 0.05) is 4.88 Å². The number of hydrogen-bond donors (Lipinski definition) is 0. The molecule has 0 saturated heterocycles. The fraction of sp³-hybridized carbons (Fsp3) is 0.429. The zero-order valence-electron chi connectivity index (χ0n) is 6.24. The summed E-state index contributed by atoms with van der Waals surface area (Å²) in [5.41, 5.74) is 0. The van der Waals surface area contributed by atoms with E-state index >= 15 is 0 Å². The number of halogens is 2. The molecule has 0 radical (unpaired) electrons. The van der Waals surface area contributed by atoms with Gasteiger partial charge >= 0.3 is 0 Å². The first-order chi connectivity index (χ1) is 4.70. The second-order valence-electron chi connectivity index (χ2n) is 1.48. The van der Waals surface area contributed by atoms with Gasteiger partial charge in [-0.05, 0) is 13.0 Å². The highest BCUT2D eigenvalue weighted by molar-refractivity contribution is 7.10. The summed E-state index contributed by atoms with van der Waals surface area (Å²) < 4.78 is 24.0. The van der Waals surface area contributed by atoms with Crippen LogP contribution in [0.25, 0.3) is 0 Å². The minimum absolute atomic E-state index is 0.667. The quantitative estimate of drug-likeness (QED) is 0.551. The first kappa shape index (κ1) is 9.56. The van der Waals surface area contributed by atoms with E-state index in [1.54, 1.807) is 6.92 Å². The van der Waals surface area contributed by atoms with E-state index in [0.29, 0.717) is 4.88 Å². The van der Waals surface area contributed by atoms with E-state index < -0.39 is 10.9 Å². The molecule has 0 aromatic carbocycles. The zero-order chi connectivity index (χ0) is 8.15. The van der Waals surface area contributed by atoms with Crippen LogP contribution in [0.4, 0.5) is 8.78 Å². The van der Waals surface area contributed by atoms with Crippen LogP contribution in [-0.2, 0) is 0 Å². The van der Waals surface area contributed by atoms with Crippen molar-refractivity contribution in [2.45, 2.75) is 20.8 Å². The average molecular weight is 164 g/mol. The van der Waals surface area contributed by atoms with Gasteiger partial charge in [0.2, 0.25) is 5.13 Å². The average Bonchev–Trinajstić information content (AvgIpc) is 2.16. The fourth-order valence-electron chi connectivity index (χ4n) is 0.455. The molecule has 10 heavy (non-hydrogen) atoms. The van der Waals surface area contributed by atoms with Crippen molar-refractivity contribution in [3.05, 3.63) is 21.9 Å². The van der Waals surface area contributed by atoms with Gasteiger partial charge in [-0.1, -0.05) is 13.8 Å². The molecule has 1 heterocycles. The SMILES string of the molecule is CC.Cc1cc(F)c(F)s1. The third kappa shape index (κ3) is 2.43. The molecule has 0 aliphatic rings. The molecule has 0 nitrogen and oxygen atoms in total. The first-order valence-electron chi connectivity index (χ1n) is 3.11. The summed E-state index contributed by atoms with van der Waals surface area (Å²) >= 11 is 0.828. The second-order valence-corrected chi connectivity index (χ2v) is 2.69. The normalized spacial score (nSPS) is 8.50. The Hall–Kier alpha value is -0.440. The van der Waals surface area contributed by atoms with Gasteiger partial charge in [-0.3, -0.25) is 0 Å². The van der Waals surface area contributed by atoms with Crippen LogP contribution in [0.5, 0.6) is 0 Å². The van der Waals surface area contributed by atoms with Crippen molar-refractivity contribution in [2.75, 3.05) is 0 Å². The van der Waals surface area contributed by atoms with Crippen molar-refractivity contribution in [3.63, 3.8) is 0 Å². The molecule has 1 rings (SSSR count). The lowest BCUT2D eigenvalue weighted by Gasteiger charge is -1.70. The molecule has 0 fully saturated rings. The van der Waals surface area contributed by atoms with Crippen molar-refractivity contribution >= 4 is 11.3 Å². The Bertz CT molecular complexity index is 174. The number of thiophene rings is 1. The van der Waals surface area contributed by atoms with Crippen LogP contribution in [0.3, 0.4) is 0 Å². The van der Waals surface area contributed by atoms with E-state index in [4.69, 9.17) is 0 Å². The highest BCUT2D eigenvalue weighted by Crippen LogP contribution is 2.16. The Morgan fingerprint density at radius 1 is 1.30 bits per heavy atom. The maximum absolute atomic E-state index is 12.0. The lowest BCUT2D eigenvalue weighted by Crippen LogP contribution is -1.64. The maximum Gasteiger partial charge on any atom is 0.212 e. The second kappa shape index (κ2) is 4.39. The summed E-state index contributed by atoms with van der Waals surface area (Å²) in [5.74, 6) is -0.743. The van der Waals surface area contributed by atoms with Gasteiger partial charge in [-0.25, -0.2) is 4.39 Å². The largest absolute Gasteiger partial charge is 0.212 e. The molecule has 1 aromatic rings. The number of rotatable bonds is 0. The summed E-state index contributed by atoms with van der Waals surface area (Å²) in [6.45, 7) is 5.66. The van der Waals surface area contributed by atoms with Crippen molar-refractivity contribution in [1.82, 2.24) is 0 Å². The minimum atomic E-state index is -0.743. The van der Waals surface area contributed by atoms with Gasteiger partial charge < -0.3 is 0 Å². The summed E-state index contributed by atoms with van der Waals surface area (Å²) in [6, 6.07) is 1.18. The molecular weight excluding hydrogens is 154 g/mol. The maximum atomic E-state index is 12.0. The van der Waals surface area contributed by atoms with Crippen LogP contribution in [0.1, 0.15) is 18.7 Å². The summed E-state index contributed by atoms with van der Waals surface area (Å²) in [5, 5.41) is -0.720. The lowest BCUT2D eigenvalue weighted by molar-refractivity contribution is 0.530. The first-order valence-corrected chi connectivity index (χ1v) is 3.93. The molecule has 0 unspecified atom stereocenters. The standard InChI is InChI=1S/C5H4F2S.C2H6/c1-3-2-4(6)5(7)8-3;1-2/h2H,1H3;1-2H3. The predicted octanol–water partition coefficient (Wildman–Crippen LogP) is 3.36. The molecule has 0 aliphatic carbocycles. The Morgan fingerprint density at radius 3 is 1.90 bits per heavy atom. The third-order valence-electron chi connectivity index (χ3n) is 0.768. The lowest BCUT2D eigenvalue weighted by atomic mass is 10.5. The molecule has 0 atom stereocenters. The van der Waals surface area contributed by atoms with Crippen LogP contribution in [0.15, 0.2) is 6.07 Å². The van der Waals surface area contributed by atoms with Crippen molar-refractivity contribution in [1.29, 1.82) is 0 Å². The molecule has 0 spiro atoms. The van der Waals surface area contributed by atoms with Gasteiger partial charge in [0.15, 0.2) is 5.82 Å². The van der Waals surface area contributed by atoms with Gasteiger partial charge in [-0.2, -0.15) is 4.39 Å². The minimum Gasteiger partial charge on any atom is -0.203 e. The molecule has 1 aromatic heterocycles. The predicted molar refractivity (Wildman–Crippen MR) is 40.3 cm³/mol. The highest BCUT2D eigenvalue weighted by Gasteiger charge is 2.02. The molecule has 0 N–H and O–H groups in total. The van der Waals surface area contributed by atoms with Gasteiger partial charge in [0.05, 0.1) is 0 Å². The van der Waals surface area contributed by atoms with E-state index in [1.807, 2.05) is 13.8 Å². The van der Waals surface area contributed by atoms with E-state index in [9.17, 15) is 8.78 Å². The highest BCUT2D eigenvalue weighted by atomic mass is 32.1. The van der Waals surface area contributed by atoms with Crippen LogP contribution in [0.2, 0.25) is 0 Å². The number of aryl methyl sites for hydroxylation is 1. The molecule has 0 bridgehead atoms. The Morgan fingerprint density at radius 2 is 1.80 bits per heavy atom. The fourth-order valence-corrected chi connectivity index (χ4v) is 1.06. The van der Waals surface area contributed by atoms with Gasteiger partial charge in [-0.15, -0.1) is 11.3 Å². The van der Waals surface area contributed by atoms with Crippen molar-refractivity contribution in [2.24, 2.45) is 0 Å². The Kier molecular flexibility index (Phi) is 4.19.